The first-order valence-electron chi connectivity index (χ1n) is 8.01. The summed E-state index contributed by atoms with van der Waals surface area (Å²) >= 11 is 1.72. The minimum atomic E-state index is 0.264. The standard InChI is InChI=1S/C15H24N4OS/c1-3-12-16-17-14(21-12)19-9-5-7-15(11-19)8-6-13(20)18(4-2)10-15/h3-11H2,1-2H3/t15-/m0/s1. The number of nitrogens with zero attached hydrogens (tertiary/aromatic N) is 4. The first kappa shape index (κ1) is 14.8. The van der Waals surface area contributed by atoms with Gasteiger partial charge in [0, 0.05) is 38.0 Å². The molecule has 5 nitrogen and oxygen atoms in total. The van der Waals surface area contributed by atoms with Crippen LogP contribution in [0.4, 0.5) is 5.13 Å². The van der Waals surface area contributed by atoms with Crippen molar-refractivity contribution < 1.29 is 4.79 Å². The minimum Gasteiger partial charge on any atom is -0.346 e. The number of likely N-dealkylation sites (tertiary alicyclic amines) is 1. The summed E-state index contributed by atoms with van der Waals surface area (Å²) in [7, 11) is 0. The monoisotopic (exact) mass is 308 g/mol. The van der Waals surface area contributed by atoms with Crippen LogP contribution in [0.5, 0.6) is 0 Å². The number of aromatic nitrogens is 2. The van der Waals surface area contributed by atoms with Crippen molar-refractivity contribution in [3.05, 3.63) is 5.01 Å². The summed E-state index contributed by atoms with van der Waals surface area (Å²) in [4.78, 5) is 16.4. The summed E-state index contributed by atoms with van der Waals surface area (Å²) in [6.45, 7) is 8.04. The van der Waals surface area contributed by atoms with Gasteiger partial charge in [-0.1, -0.05) is 18.3 Å². The first-order chi connectivity index (χ1) is 10.2. The number of carbonyl (C=O) groups is 1. The molecule has 1 amide bonds. The lowest BCUT2D eigenvalue weighted by Gasteiger charge is -2.48. The average molecular weight is 308 g/mol. The lowest BCUT2D eigenvalue weighted by molar-refractivity contribution is -0.137. The molecule has 6 heteroatoms. The molecular weight excluding hydrogens is 284 g/mol. The molecule has 2 aliphatic rings. The van der Waals surface area contributed by atoms with Crippen molar-refractivity contribution in [1.29, 1.82) is 0 Å². The summed E-state index contributed by atoms with van der Waals surface area (Å²) in [5, 5.41) is 10.8. The van der Waals surface area contributed by atoms with E-state index in [4.69, 9.17) is 0 Å². The summed E-state index contributed by atoms with van der Waals surface area (Å²) in [5.41, 5.74) is 0.264. The van der Waals surface area contributed by atoms with Gasteiger partial charge in [0.25, 0.3) is 0 Å². The Bertz CT molecular complexity index is 518. The molecule has 0 aromatic carbocycles. The fraction of sp³-hybridized carbons (Fsp3) is 0.800. The topological polar surface area (TPSA) is 49.3 Å². The van der Waals surface area contributed by atoms with Crippen LogP contribution in [0.3, 0.4) is 0 Å². The van der Waals surface area contributed by atoms with Gasteiger partial charge in [0.1, 0.15) is 5.01 Å². The third-order valence-corrected chi connectivity index (χ3v) is 5.95. The minimum absolute atomic E-state index is 0.264. The zero-order chi connectivity index (χ0) is 14.9. The zero-order valence-electron chi connectivity index (χ0n) is 13.0. The van der Waals surface area contributed by atoms with E-state index in [2.05, 4.69) is 28.9 Å². The van der Waals surface area contributed by atoms with Crippen LogP contribution in [0, 0.1) is 5.41 Å². The maximum Gasteiger partial charge on any atom is 0.222 e. The molecule has 0 radical (unpaired) electrons. The highest BCUT2D eigenvalue weighted by Crippen LogP contribution is 2.40. The zero-order valence-corrected chi connectivity index (χ0v) is 13.8. The van der Waals surface area contributed by atoms with E-state index >= 15 is 0 Å². The molecule has 0 bridgehead atoms. The largest absolute Gasteiger partial charge is 0.346 e. The normalized spacial score (nSPS) is 26.7. The summed E-state index contributed by atoms with van der Waals surface area (Å²) in [6.07, 6.45) is 5.10. The number of rotatable bonds is 3. The maximum absolute atomic E-state index is 11.9. The number of aryl methyl sites for hydroxylation is 1. The van der Waals surface area contributed by atoms with Crippen LogP contribution in [0.25, 0.3) is 0 Å². The van der Waals surface area contributed by atoms with E-state index in [0.29, 0.717) is 12.3 Å². The molecule has 2 saturated heterocycles. The maximum atomic E-state index is 11.9. The summed E-state index contributed by atoms with van der Waals surface area (Å²) in [6, 6.07) is 0. The van der Waals surface area contributed by atoms with Crippen LogP contribution in [-0.4, -0.2) is 47.2 Å². The number of hydrogen-bond acceptors (Lipinski definition) is 5. The molecule has 116 valence electrons. The third kappa shape index (κ3) is 2.91. The Balaban J connectivity index is 1.74. The molecular formula is C15H24N4OS. The number of hydrogen-bond donors (Lipinski definition) is 0. The van der Waals surface area contributed by atoms with Gasteiger partial charge in [-0.2, -0.15) is 0 Å². The lowest BCUT2D eigenvalue weighted by Crippen LogP contribution is -2.54. The van der Waals surface area contributed by atoms with Gasteiger partial charge in [-0.15, -0.1) is 10.2 Å². The van der Waals surface area contributed by atoms with Gasteiger partial charge in [-0.05, 0) is 32.6 Å². The molecule has 0 aliphatic carbocycles. The van der Waals surface area contributed by atoms with E-state index in [1.54, 1.807) is 11.3 Å². The second-order valence-electron chi connectivity index (χ2n) is 6.26. The van der Waals surface area contributed by atoms with E-state index in [0.717, 1.165) is 49.2 Å². The van der Waals surface area contributed by atoms with Gasteiger partial charge in [0.05, 0.1) is 0 Å². The van der Waals surface area contributed by atoms with Crippen molar-refractivity contribution in [2.45, 2.75) is 46.0 Å². The van der Waals surface area contributed by atoms with E-state index in [-0.39, 0.29) is 5.41 Å². The molecule has 2 aliphatic heterocycles. The quantitative estimate of drug-likeness (QED) is 0.860. The van der Waals surface area contributed by atoms with Crippen LogP contribution < -0.4 is 4.90 Å². The number of carbonyl (C=O) groups excluding carboxylic acids is 1. The van der Waals surface area contributed by atoms with Gasteiger partial charge in [0.15, 0.2) is 0 Å². The van der Waals surface area contributed by atoms with Crippen molar-refractivity contribution >= 4 is 22.4 Å². The van der Waals surface area contributed by atoms with Crippen molar-refractivity contribution in [3.8, 4) is 0 Å². The Morgan fingerprint density at radius 2 is 2.10 bits per heavy atom. The molecule has 1 aromatic rings. The second-order valence-corrected chi connectivity index (χ2v) is 7.31. The molecule has 21 heavy (non-hydrogen) atoms. The Morgan fingerprint density at radius 3 is 2.81 bits per heavy atom. The van der Waals surface area contributed by atoms with E-state index in [1.165, 1.54) is 12.8 Å². The molecule has 0 unspecified atom stereocenters. The van der Waals surface area contributed by atoms with Crippen LogP contribution >= 0.6 is 11.3 Å². The lowest BCUT2D eigenvalue weighted by atomic mass is 9.73. The highest BCUT2D eigenvalue weighted by Gasteiger charge is 2.41. The van der Waals surface area contributed by atoms with Gasteiger partial charge in [-0.25, -0.2) is 0 Å². The van der Waals surface area contributed by atoms with Crippen LogP contribution in [-0.2, 0) is 11.2 Å². The van der Waals surface area contributed by atoms with Crippen molar-refractivity contribution in [3.63, 3.8) is 0 Å². The van der Waals surface area contributed by atoms with Crippen LogP contribution in [0.1, 0.15) is 44.5 Å². The van der Waals surface area contributed by atoms with Gasteiger partial charge in [-0.3, -0.25) is 4.79 Å². The highest BCUT2D eigenvalue weighted by molar-refractivity contribution is 7.15. The van der Waals surface area contributed by atoms with Crippen molar-refractivity contribution in [2.75, 3.05) is 31.1 Å². The van der Waals surface area contributed by atoms with Crippen molar-refractivity contribution in [2.24, 2.45) is 5.41 Å². The predicted molar refractivity (Wildman–Crippen MR) is 84.7 cm³/mol. The SMILES string of the molecule is CCc1nnc(N2CCC[C@@]3(CCC(=O)N(CC)C3)C2)s1. The molecule has 1 aromatic heterocycles. The average Bonchev–Trinajstić information content (AvgIpc) is 2.99. The number of piperidine rings is 2. The Kier molecular flexibility index (Phi) is 4.15. The van der Waals surface area contributed by atoms with Gasteiger partial charge < -0.3 is 9.80 Å². The predicted octanol–water partition coefficient (Wildman–Crippen LogP) is 2.33. The fourth-order valence-corrected chi connectivity index (χ4v) is 4.41. The molecule has 3 heterocycles. The molecule has 0 N–H and O–H groups in total. The van der Waals surface area contributed by atoms with E-state index in [1.807, 2.05) is 4.90 Å². The summed E-state index contributed by atoms with van der Waals surface area (Å²) in [5.74, 6) is 0.324. The van der Waals surface area contributed by atoms with Crippen molar-refractivity contribution in [1.82, 2.24) is 15.1 Å². The van der Waals surface area contributed by atoms with Gasteiger partial charge in [0.2, 0.25) is 11.0 Å². The summed E-state index contributed by atoms with van der Waals surface area (Å²) < 4.78 is 0. The fourth-order valence-electron chi connectivity index (χ4n) is 3.61. The highest BCUT2D eigenvalue weighted by atomic mass is 32.1. The second kappa shape index (κ2) is 5.91. The smallest absolute Gasteiger partial charge is 0.222 e. The van der Waals surface area contributed by atoms with Crippen LogP contribution in [0.2, 0.25) is 0 Å². The van der Waals surface area contributed by atoms with E-state index in [9.17, 15) is 4.79 Å². The molecule has 3 rings (SSSR count). The third-order valence-electron chi connectivity index (χ3n) is 4.82. The molecule has 1 atom stereocenters. The van der Waals surface area contributed by atoms with Gasteiger partial charge >= 0.3 is 0 Å². The molecule has 0 saturated carbocycles. The molecule has 1 spiro atoms. The Hall–Kier alpha value is -1.17. The van der Waals surface area contributed by atoms with Crippen LogP contribution in [0.15, 0.2) is 0 Å². The Labute approximate surface area is 130 Å². The van der Waals surface area contributed by atoms with E-state index < -0.39 is 0 Å². The Morgan fingerprint density at radius 1 is 1.24 bits per heavy atom. The molecule has 2 fully saturated rings. The number of amides is 1. The first-order valence-corrected chi connectivity index (χ1v) is 8.82. The number of anilines is 1.